The molecule has 0 unspecified atom stereocenters. The van der Waals surface area contributed by atoms with Gasteiger partial charge in [0.1, 0.15) is 0 Å². The van der Waals surface area contributed by atoms with Gasteiger partial charge in [0.05, 0.1) is 23.5 Å². The first kappa shape index (κ1) is 10.3. The summed E-state index contributed by atoms with van der Waals surface area (Å²) < 4.78 is 1.89. The van der Waals surface area contributed by atoms with Gasteiger partial charge in [-0.1, -0.05) is 17.7 Å². The Morgan fingerprint density at radius 3 is 3.08 bits per heavy atom. The highest BCUT2D eigenvalue weighted by atomic mass is 35.5. The first-order valence-corrected chi connectivity index (χ1v) is 4.63. The lowest BCUT2D eigenvalue weighted by atomic mass is 10.4. The van der Waals surface area contributed by atoms with Crippen molar-refractivity contribution in [2.24, 2.45) is 0 Å². The molecule has 0 radical (unpaired) electrons. The predicted octanol–water partition coefficient (Wildman–Crippen LogP) is 1.62. The van der Waals surface area contributed by atoms with E-state index in [1.807, 2.05) is 17.7 Å². The van der Waals surface area contributed by atoms with Crippen LogP contribution in [0.2, 0.25) is 5.02 Å². The third-order valence-corrected chi connectivity index (χ3v) is 2.20. The minimum absolute atomic E-state index is 0.726. The SMILES string of the molecule is C=CCNCCn1ncc(Cl)c1C. The van der Waals surface area contributed by atoms with Crippen LogP contribution in [0.25, 0.3) is 0 Å². The Labute approximate surface area is 83.4 Å². The predicted molar refractivity (Wildman–Crippen MR) is 55.0 cm³/mol. The quantitative estimate of drug-likeness (QED) is 0.577. The van der Waals surface area contributed by atoms with Crippen molar-refractivity contribution in [2.45, 2.75) is 13.5 Å². The zero-order valence-corrected chi connectivity index (χ0v) is 8.51. The van der Waals surface area contributed by atoms with E-state index < -0.39 is 0 Å². The maximum atomic E-state index is 5.85. The van der Waals surface area contributed by atoms with Crippen molar-refractivity contribution in [3.05, 3.63) is 29.6 Å². The van der Waals surface area contributed by atoms with Crippen LogP contribution in [0, 0.1) is 6.92 Å². The highest BCUT2D eigenvalue weighted by Crippen LogP contribution is 2.12. The van der Waals surface area contributed by atoms with E-state index in [9.17, 15) is 0 Å². The van der Waals surface area contributed by atoms with E-state index in [1.54, 1.807) is 6.20 Å². The van der Waals surface area contributed by atoms with Crippen LogP contribution in [0.1, 0.15) is 5.69 Å². The molecule has 0 amide bonds. The van der Waals surface area contributed by atoms with Crippen LogP contribution in [0.15, 0.2) is 18.9 Å². The fourth-order valence-corrected chi connectivity index (χ4v) is 1.18. The van der Waals surface area contributed by atoms with Crippen molar-refractivity contribution < 1.29 is 0 Å². The van der Waals surface area contributed by atoms with Gasteiger partial charge in [0.25, 0.3) is 0 Å². The number of nitrogens with one attached hydrogen (secondary N) is 1. The summed E-state index contributed by atoms with van der Waals surface area (Å²) in [5, 5.41) is 8.06. The zero-order chi connectivity index (χ0) is 9.68. The van der Waals surface area contributed by atoms with Gasteiger partial charge in [-0.2, -0.15) is 5.10 Å². The summed E-state index contributed by atoms with van der Waals surface area (Å²) in [6.45, 7) is 8.13. The molecule has 13 heavy (non-hydrogen) atoms. The molecule has 0 aliphatic carbocycles. The third kappa shape index (κ3) is 2.86. The summed E-state index contributed by atoms with van der Waals surface area (Å²) in [5.41, 5.74) is 1.02. The Balaban J connectivity index is 2.36. The van der Waals surface area contributed by atoms with E-state index in [4.69, 9.17) is 11.6 Å². The fraction of sp³-hybridized carbons (Fsp3) is 0.444. The Bertz CT molecular complexity index is 280. The summed E-state index contributed by atoms with van der Waals surface area (Å²) in [6, 6.07) is 0. The molecule has 0 saturated carbocycles. The Morgan fingerprint density at radius 2 is 2.54 bits per heavy atom. The van der Waals surface area contributed by atoms with Crippen molar-refractivity contribution in [1.82, 2.24) is 15.1 Å². The molecular formula is C9H14ClN3. The summed E-state index contributed by atoms with van der Waals surface area (Å²) >= 11 is 5.85. The Kier molecular flexibility index (Phi) is 3.99. The second kappa shape index (κ2) is 5.04. The van der Waals surface area contributed by atoms with Crippen LogP contribution in [0.3, 0.4) is 0 Å². The van der Waals surface area contributed by atoms with E-state index in [2.05, 4.69) is 17.0 Å². The minimum Gasteiger partial charge on any atom is -0.311 e. The van der Waals surface area contributed by atoms with E-state index >= 15 is 0 Å². The number of hydrogen-bond acceptors (Lipinski definition) is 2. The standard InChI is InChI=1S/C9H14ClN3/c1-3-4-11-5-6-13-8(2)9(10)7-12-13/h3,7,11H,1,4-6H2,2H3. The average Bonchev–Trinajstić information content (AvgIpc) is 2.43. The lowest BCUT2D eigenvalue weighted by Crippen LogP contribution is -2.20. The molecule has 4 heteroatoms. The molecular weight excluding hydrogens is 186 g/mol. The van der Waals surface area contributed by atoms with Gasteiger partial charge >= 0.3 is 0 Å². The van der Waals surface area contributed by atoms with Crippen molar-refractivity contribution in [2.75, 3.05) is 13.1 Å². The van der Waals surface area contributed by atoms with Gasteiger partial charge in [-0.25, -0.2) is 0 Å². The second-order valence-corrected chi connectivity index (χ2v) is 3.20. The number of nitrogens with zero attached hydrogens (tertiary/aromatic N) is 2. The van der Waals surface area contributed by atoms with Gasteiger partial charge in [-0.05, 0) is 6.92 Å². The number of halogens is 1. The highest BCUT2D eigenvalue weighted by molar-refractivity contribution is 6.31. The second-order valence-electron chi connectivity index (χ2n) is 2.79. The van der Waals surface area contributed by atoms with Crippen LogP contribution in [-0.2, 0) is 6.54 Å². The Hall–Kier alpha value is -0.800. The molecule has 0 aliphatic heterocycles. The summed E-state index contributed by atoms with van der Waals surface area (Å²) in [5.74, 6) is 0. The highest BCUT2D eigenvalue weighted by Gasteiger charge is 2.01. The molecule has 0 aliphatic rings. The molecule has 0 spiro atoms. The third-order valence-electron chi connectivity index (χ3n) is 1.83. The summed E-state index contributed by atoms with van der Waals surface area (Å²) in [4.78, 5) is 0. The molecule has 0 saturated heterocycles. The monoisotopic (exact) mass is 199 g/mol. The van der Waals surface area contributed by atoms with E-state index in [1.165, 1.54) is 0 Å². The van der Waals surface area contributed by atoms with Gasteiger partial charge in [0.2, 0.25) is 0 Å². The summed E-state index contributed by atoms with van der Waals surface area (Å²) in [7, 11) is 0. The average molecular weight is 200 g/mol. The minimum atomic E-state index is 0.726. The normalized spacial score (nSPS) is 10.3. The van der Waals surface area contributed by atoms with Crippen LogP contribution >= 0.6 is 11.6 Å². The first-order valence-electron chi connectivity index (χ1n) is 4.25. The molecule has 0 atom stereocenters. The zero-order valence-electron chi connectivity index (χ0n) is 7.76. The van der Waals surface area contributed by atoms with Crippen molar-refractivity contribution in [1.29, 1.82) is 0 Å². The van der Waals surface area contributed by atoms with E-state index in [0.29, 0.717) is 0 Å². The van der Waals surface area contributed by atoms with Crippen LogP contribution in [-0.4, -0.2) is 22.9 Å². The number of hydrogen-bond donors (Lipinski definition) is 1. The lowest BCUT2D eigenvalue weighted by Gasteiger charge is -2.04. The molecule has 1 rings (SSSR count). The van der Waals surface area contributed by atoms with E-state index in [0.717, 1.165) is 30.4 Å². The van der Waals surface area contributed by atoms with Gasteiger partial charge in [0, 0.05) is 13.1 Å². The molecule has 0 aromatic carbocycles. The summed E-state index contributed by atoms with van der Waals surface area (Å²) in [6.07, 6.45) is 3.51. The largest absolute Gasteiger partial charge is 0.311 e. The van der Waals surface area contributed by atoms with E-state index in [-0.39, 0.29) is 0 Å². The molecule has 3 nitrogen and oxygen atoms in total. The topological polar surface area (TPSA) is 29.9 Å². The van der Waals surface area contributed by atoms with Crippen LogP contribution in [0.4, 0.5) is 0 Å². The molecule has 1 heterocycles. The number of aromatic nitrogens is 2. The lowest BCUT2D eigenvalue weighted by molar-refractivity contribution is 0.561. The van der Waals surface area contributed by atoms with Gasteiger partial charge in [-0.15, -0.1) is 6.58 Å². The first-order chi connectivity index (χ1) is 6.25. The smallest absolute Gasteiger partial charge is 0.0814 e. The maximum Gasteiger partial charge on any atom is 0.0814 e. The molecule has 72 valence electrons. The van der Waals surface area contributed by atoms with Crippen molar-refractivity contribution in [3.8, 4) is 0 Å². The fourth-order valence-electron chi connectivity index (χ4n) is 1.04. The molecule has 1 N–H and O–H groups in total. The van der Waals surface area contributed by atoms with Gasteiger partial charge in [0.15, 0.2) is 0 Å². The van der Waals surface area contributed by atoms with Crippen molar-refractivity contribution >= 4 is 11.6 Å². The van der Waals surface area contributed by atoms with Crippen LogP contribution < -0.4 is 5.32 Å². The molecule has 1 aromatic heterocycles. The maximum absolute atomic E-state index is 5.85. The van der Waals surface area contributed by atoms with Crippen LogP contribution in [0.5, 0.6) is 0 Å². The van der Waals surface area contributed by atoms with Crippen molar-refractivity contribution in [3.63, 3.8) is 0 Å². The molecule has 0 fully saturated rings. The Morgan fingerprint density at radius 1 is 1.77 bits per heavy atom. The number of rotatable bonds is 5. The molecule has 1 aromatic rings. The molecule has 0 bridgehead atoms. The van der Waals surface area contributed by atoms with Gasteiger partial charge in [-0.3, -0.25) is 4.68 Å². The van der Waals surface area contributed by atoms with Gasteiger partial charge < -0.3 is 5.32 Å².